The Hall–Kier alpha value is -2.78. The van der Waals surface area contributed by atoms with Crippen LogP contribution < -0.4 is 10.6 Å². The van der Waals surface area contributed by atoms with Gasteiger partial charge in [-0.1, -0.05) is 0 Å². The summed E-state index contributed by atoms with van der Waals surface area (Å²) in [6, 6.07) is 4.06. The lowest BCUT2D eigenvalue weighted by atomic mass is 9.97. The van der Waals surface area contributed by atoms with E-state index in [0.29, 0.717) is 38.4 Å². The molecule has 1 fully saturated rings. The summed E-state index contributed by atoms with van der Waals surface area (Å²) in [5, 5.41) is 5.78. The van der Waals surface area contributed by atoms with Crippen LogP contribution in [0.1, 0.15) is 28.8 Å². The highest BCUT2D eigenvalue weighted by Gasteiger charge is 2.30. The molecule has 1 aromatic carbocycles. The molecule has 1 amide bonds. The van der Waals surface area contributed by atoms with Crippen LogP contribution in [0.5, 0.6) is 0 Å². The quantitative estimate of drug-likeness (QED) is 0.333. The molecular formula is C19H25F3N4O3. The standard InChI is InChI=1S/C19H25F3N4O3/c1-23-18(26-11-7-14(8-12-26)17(28)29-2)25-10-9-24-16(27)13-3-5-15(6-4-13)19(20,21)22/h3-6,14H,7-12H2,1-2H3,(H,23,25)(H,24,27). The molecule has 0 unspecified atom stereocenters. The maximum atomic E-state index is 12.6. The average molecular weight is 414 g/mol. The molecule has 1 aliphatic rings. The van der Waals surface area contributed by atoms with Crippen molar-refractivity contribution in [2.24, 2.45) is 10.9 Å². The molecule has 2 N–H and O–H groups in total. The SMILES string of the molecule is CN=C(NCCNC(=O)c1ccc(C(F)(F)F)cc1)N1CCC(C(=O)OC)CC1. The summed E-state index contributed by atoms with van der Waals surface area (Å²) >= 11 is 0. The van der Waals surface area contributed by atoms with Crippen molar-refractivity contribution in [1.82, 2.24) is 15.5 Å². The topological polar surface area (TPSA) is 83.0 Å². The first-order valence-electron chi connectivity index (χ1n) is 9.25. The van der Waals surface area contributed by atoms with E-state index < -0.39 is 17.6 Å². The summed E-state index contributed by atoms with van der Waals surface area (Å²) in [5.74, 6) is -0.0811. The van der Waals surface area contributed by atoms with Crippen molar-refractivity contribution in [3.63, 3.8) is 0 Å². The van der Waals surface area contributed by atoms with Gasteiger partial charge in [-0.05, 0) is 37.1 Å². The lowest BCUT2D eigenvalue weighted by molar-refractivity contribution is -0.146. The van der Waals surface area contributed by atoms with Gasteiger partial charge in [-0.2, -0.15) is 13.2 Å². The number of ether oxygens (including phenoxy) is 1. The molecule has 1 heterocycles. The van der Waals surface area contributed by atoms with Crippen molar-refractivity contribution in [3.05, 3.63) is 35.4 Å². The number of amides is 1. The number of carbonyl (C=O) groups is 2. The fraction of sp³-hybridized carbons (Fsp3) is 0.526. The van der Waals surface area contributed by atoms with Gasteiger partial charge in [0.15, 0.2) is 5.96 Å². The van der Waals surface area contributed by atoms with Crippen LogP contribution in [0.4, 0.5) is 13.2 Å². The Morgan fingerprint density at radius 3 is 2.24 bits per heavy atom. The van der Waals surface area contributed by atoms with Crippen LogP contribution in [0.2, 0.25) is 0 Å². The first-order valence-corrected chi connectivity index (χ1v) is 9.25. The minimum Gasteiger partial charge on any atom is -0.469 e. The number of alkyl halides is 3. The molecule has 1 aliphatic heterocycles. The number of hydrogen-bond donors (Lipinski definition) is 2. The van der Waals surface area contributed by atoms with E-state index in [2.05, 4.69) is 15.6 Å². The highest BCUT2D eigenvalue weighted by Crippen LogP contribution is 2.29. The maximum Gasteiger partial charge on any atom is 0.416 e. The first-order chi connectivity index (χ1) is 13.8. The lowest BCUT2D eigenvalue weighted by Gasteiger charge is -2.33. The van der Waals surface area contributed by atoms with Crippen molar-refractivity contribution in [1.29, 1.82) is 0 Å². The predicted octanol–water partition coefficient (Wildman–Crippen LogP) is 1.90. The number of rotatable bonds is 5. The molecule has 10 heteroatoms. The van der Waals surface area contributed by atoms with E-state index in [9.17, 15) is 22.8 Å². The van der Waals surface area contributed by atoms with E-state index in [-0.39, 0.29) is 24.0 Å². The van der Waals surface area contributed by atoms with Gasteiger partial charge in [0.05, 0.1) is 18.6 Å². The molecule has 0 saturated carbocycles. The second-order valence-electron chi connectivity index (χ2n) is 6.59. The Bertz CT molecular complexity index is 727. The molecule has 7 nitrogen and oxygen atoms in total. The van der Waals surface area contributed by atoms with Crippen LogP contribution in [0.15, 0.2) is 29.3 Å². The van der Waals surface area contributed by atoms with Crippen LogP contribution in [0.3, 0.4) is 0 Å². The van der Waals surface area contributed by atoms with E-state index in [1.807, 2.05) is 4.90 Å². The fourth-order valence-electron chi connectivity index (χ4n) is 3.09. The molecule has 0 aliphatic carbocycles. The smallest absolute Gasteiger partial charge is 0.416 e. The van der Waals surface area contributed by atoms with Gasteiger partial charge in [0.1, 0.15) is 0 Å². The summed E-state index contributed by atoms with van der Waals surface area (Å²) in [4.78, 5) is 29.9. The summed E-state index contributed by atoms with van der Waals surface area (Å²) in [7, 11) is 3.03. The van der Waals surface area contributed by atoms with Crippen molar-refractivity contribution in [3.8, 4) is 0 Å². The number of halogens is 3. The third kappa shape index (κ3) is 6.37. The van der Waals surface area contributed by atoms with Crippen molar-refractivity contribution in [2.75, 3.05) is 40.3 Å². The minimum absolute atomic E-state index is 0.0996. The van der Waals surface area contributed by atoms with E-state index in [1.54, 1.807) is 7.05 Å². The van der Waals surface area contributed by atoms with Crippen molar-refractivity contribution >= 4 is 17.8 Å². The molecule has 0 spiro atoms. The van der Waals surface area contributed by atoms with Crippen LogP contribution >= 0.6 is 0 Å². The molecule has 2 rings (SSSR count). The molecule has 1 aromatic rings. The third-order valence-corrected chi connectivity index (χ3v) is 4.71. The maximum absolute atomic E-state index is 12.6. The minimum atomic E-state index is -4.43. The van der Waals surface area contributed by atoms with Gasteiger partial charge < -0.3 is 20.3 Å². The summed E-state index contributed by atoms with van der Waals surface area (Å²) in [6.07, 6.45) is -3.07. The van der Waals surface area contributed by atoms with Crippen LogP contribution in [0.25, 0.3) is 0 Å². The fourth-order valence-corrected chi connectivity index (χ4v) is 3.09. The number of benzene rings is 1. The molecule has 0 bridgehead atoms. The van der Waals surface area contributed by atoms with E-state index >= 15 is 0 Å². The van der Waals surface area contributed by atoms with Gasteiger partial charge in [0.2, 0.25) is 0 Å². The summed E-state index contributed by atoms with van der Waals surface area (Å²) in [5.41, 5.74) is -0.636. The Morgan fingerprint density at radius 1 is 1.14 bits per heavy atom. The molecule has 0 aromatic heterocycles. The highest BCUT2D eigenvalue weighted by atomic mass is 19.4. The highest BCUT2D eigenvalue weighted by molar-refractivity contribution is 5.94. The molecule has 160 valence electrons. The van der Waals surface area contributed by atoms with Crippen LogP contribution in [-0.4, -0.2) is 63.1 Å². The largest absolute Gasteiger partial charge is 0.469 e. The number of carbonyl (C=O) groups excluding carboxylic acids is 2. The summed E-state index contributed by atoms with van der Waals surface area (Å²) in [6.45, 7) is 2.00. The molecule has 0 atom stereocenters. The monoisotopic (exact) mass is 414 g/mol. The van der Waals surface area contributed by atoms with Crippen LogP contribution in [0, 0.1) is 5.92 Å². The number of guanidine groups is 1. The second kappa shape index (κ2) is 10.1. The normalized spacial score (nSPS) is 15.8. The number of aliphatic imine (C=N–C) groups is 1. The Labute approximate surface area is 167 Å². The number of methoxy groups -OCH3 is 1. The summed E-state index contributed by atoms with van der Waals surface area (Å²) < 4.78 is 42.5. The number of nitrogens with one attached hydrogen (secondary N) is 2. The molecule has 0 radical (unpaired) electrons. The zero-order valence-electron chi connectivity index (χ0n) is 16.4. The third-order valence-electron chi connectivity index (χ3n) is 4.71. The zero-order chi connectivity index (χ0) is 21.4. The van der Waals surface area contributed by atoms with Gasteiger partial charge in [-0.15, -0.1) is 0 Å². The van der Waals surface area contributed by atoms with Crippen molar-refractivity contribution in [2.45, 2.75) is 19.0 Å². The zero-order valence-corrected chi connectivity index (χ0v) is 16.4. The number of nitrogens with zero attached hydrogens (tertiary/aromatic N) is 2. The van der Waals surface area contributed by atoms with Crippen molar-refractivity contribution < 1.29 is 27.5 Å². The Morgan fingerprint density at radius 2 is 1.72 bits per heavy atom. The Kier molecular flexibility index (Phi) is 7.86. The second-order valence-corrected chi connectivity index (χ2v) is 6.59. The predicted molar refractivity (Wildman–Crippen MR) is 101 cm³/mol. The Balaban J connectivity index is 1.75. The average Bonchev–Trinajstić information content (AvgIpc) is 2.72. The van der Waals surface area contributed by atoms with Gasteiger partial charge in [0, 0.05) is 38.8 Å². The van der Waals surface area contributed by atoms with E-state index in [4.69, 9.17) is 4.74 Å². The molecule has 1 saturated heterocycles. The number of esters is 1. The van der Waals surface area contributed by atoms with E-state index in [0.717, 1.165) is 24.3 Å². The van der Waals surface area contributed by atoms with Gasteiger partial charge in [-0.25, -0.2) is 0 Å². The van der Waals surface area contributed by atoms with Gasteiger partial charge in [0.25, 0.3) is 5.91 Å². The van der Waals surface area contributed by atoms with Gasteiger partial charge >= 0.3 is 12.1 Å². The van der Waals surface area contributed by atoms with E-state index in [1.165, 1.54) is 7.11 Å². The number of hydrogen-bond acceptors (Lipinski definition) is 4. The molecular weight excluding hydrogens is 389 g/mol. The van der Waals surface area contributed by atoms with Gasteiger partial charge in [-0.3, -0.25) is 14.6 Å². The lowest BCUT2D eigenvalue weighted by Crippen LogP contribution is -2.48. The number of likely N-dealkylation sites (tertiary alicyclic amines) is 1. The van der Waals surface area contributed by atoms with Crippen LogP contribution in [-0.2, 0) is 15.7 Å². The first kappa shape index (κ1) is 22.5. The number of piperidine rings is 1. The molecule has 29 heavy (non-hydrogen) atoms.